The van der Waals surface area contributed by atoms with Crippen LogP contribution in [0.4, 0.5) is 18.0 Å². The second-order valence-electron chi connectivity index (χ2n) is 8.45. The average Bonchev–Trinajstić information content (AvgIpc) is 3.26. The van der Waals surface area contributed by atoms with E-state index in [1.807, 2.05) is 0 Å². The number of alkyl halides is 3. The van der Waals surface area contributed by atoms with Gasteiger partial charge in [-0.15, -0.1) is 0 Å². The number of hydrogen-bond donors (Lipinski definition) is 3. The summed E-state index contributed by atoms with van der Waals surface area (Å²) in [6.07, 6.45) is -6.06. The van der Waals surface area contributed by atoms with Crippen LogP contribution in [0.5, 0.6) is 5.75 Å². The monoisotopic (exact) mass is 567 g/mol. The normalized spacial score (nSPS) is 21.2. The summed E-state index contributed by atoms with van der Waals surface area (Å²) in [5.74, 6) is -1.42. The molecule has 4 rings (SSSR count). The molecule has 2 unspecified atom stereocenters. The number of rotatable bonds is 6. The molecule has 1 amide bonds. The summed E-state index contributed by atoms with van der Waals surface area (Å²) in [6, 6.07) is 14.9. The van der Waals surface area contributed by atoms with Gasteiger partial charge in [-0.2, -0.15) is 13.2 Å². The first-order chi connectivity index (χ1) is 17.9. The van der Waals surface area contributed by atoms with Gasteiger partial charge in [0, 0.05) is 15.6 Å². The number of carbonyl (C=O) groups excluding carboxylic acids is 2. The Bertz CT molecular complexity index is 1280. The van der Waals surface area contributed by atoms with E-state index in [0.29, 0.717) is 21.2 Å². The molecule has 1 saturated heterocycles. The zero-order chi connectivity index (χ0) is 27.7. The van der Waals surface area contributed by atoms with E-state index in [9.17, 15) is 22.8 Å². The Morgan fingerprint density at radius 3 is 1.84 bits per heavy atom. The van der Waals surface area contributed by atoms with Crippen molar-refractivity contribution < 1.29 is 32.2 Å². The van der Waals surface area contributed by atoms with Gasteiger partial charge >= 0.3 is 18.2 Å². The lowest BCUT2D eigenvalue weighted by atomic mass is 9.95. The summed E-state index contributed by atoms with van der Waals surface area (Å²) < 4.78 is 50.9. The third-order valence-electron chi connectivity index (χ3n) is 6.05. The number of nitrogens with two attached hydrogens (primary N) is 1. The van der Waals surface area contributed by atoms with Gasteiger partial charge in [-0.3, -0.25) is 10.6 Å². The number of benzene rings is 3. The highest BCUT2D eigenvalue weighted by Crippen LogP contribution is 2.45. The SMILES string of the molecule is CCOc1cc(C(F)(F)F)ccc1C1(C(=O)OC(N)=O)NC(c2ccc(Cl)cc2)C(c2ccc(Cl)cc2)N1. The molecule has 0 radical (unpaired) electrons. The molecule has 3 aromatic rings. The fraction of sp³-hybridized carbons (Fsp3) is 0.231. The molecule has 0 saturated carbocycles. The third kappa shape index (κ3) is 5.58. The maximum atomic E-state index is 13.5. The van der Waals surface area contributed by atoms with E-state index in [4.69, 9.17) is 38.4 Å². The van der Waals surface area contributed by atoms with Crippen LogP contribution in [0, 0.1) is 0 Å². The molecule has 0 aromatic heterocycles. The van der Waals surface area contributed by atoms with Crippen molar-refractivity contribution in [3.05, 3.63) is 99.0 Å². The summed E-state index contributed by atoms with van der Waals surface area (Å²) in [7, 11) is 0. The predicted molar refractivity (Wildman–Crippen MR) is 135 cm³/mol. The zero-order valence-electron chi connectivity index (χ0n) is 19.8. The van der Waals surface area contributed by atoms with Crippen molar-refractivity contribution in [3.8, 4) is 5.75 Å². The third-order valence-corrected chi connectivity index (χ3v) is 6.55. The Morgan fingerprint density at radius 2 is 1.42 bits per heavy atom. The number of halogens is 5. The largest absolute Gasteiger partial charge is 0.493 e. The fourth-order valence-corrected chi connectivity index (χ4v) is 4.65. The van der Waals surface area contributed by atoms with E-state index in [1.165, 1.54) is 0 Å². The van der Waals surface area contributed by atoms with Crippen molar-refractivity contribution in [2.45, 2.75) is 30.8 Å². The standard InChI is InChI=1S/C26H22Cl2F3N3O4/c1-2-37-20-13-16(26(29,30)31)7-12-19(20)25(23(35)38-24(32)36)33-21(14-3-8-17(27)9-4-14)22(34-25)15-5-10-18(28)11-6-15/h3-13,21-22,33-34H,2H2,1H3,(H2,32,36). The number of hydrogen-bond acceptors (Lipinski definition) is 6. The van der Waals surface area contributed by atoms with E-state index in [2.05, 4.69) is 10.6 Å². The second kappa shape index (κ2) is 10.8. The van der Waals surface area contributed by atoms with Crippen LogP contribution in [-0.4, -0.2) is 18.7 Å². The van der Waals surface area contributed by atoms with Crippen LogP contribution in [0.25, 0.3) is 0 Å². The Labute approximate surface area is 226 Å². The number of primary amides is 1. The summed E-state index contributed by atoms with van der Waals surface area (Å²) in [4.78, 5) is 25.1. The molecule has 3 aromatic carbocycles. The lowest BCUT2D eigenvalue weighted by molar-refractivity contribution is -0.146. The van der Waals surface area contributed by atoms with Crippen LogP contribution < -0.4 is 21.1 Å². The van der Waals surface area contributed by atoms with Crippen LogP contribution in [-0.2, 0) is 21.4 Å². The topological polar surface area (TPSA) is 103 Å². The Kier molecular flexibility index (Phi) is 7.89. The maximum Gasteiger partial charge on any atom is 0.416 e. The minimum absolute atomic E-state index is 0.00349. The molecule has 4 N–H and O–H groups in total. The first-order valence-corrected chi connectivity index (χ1v) is 12.1. The molecular weight excluding hydrogens is 546 g/mol. The van der Waals surface area contributed by atoms with Crippen molar-refractivity contribution in [3.63, 3.8) is 0 Å². The number of ether oxygens (including phenoxy) is 2. The van der Waals surface area contributed by atoms with Crippen molar-refractivity contribution in [1.82, 2.24) is 10.6 Å². The zero-order valence-corrected chi connectivity index (χ0v) is 21.3. The Hall–Kier alpha value is -3.31. The molecule has 0 spiro atoms. The molecule has 38 heavy (non-hydrogen) atoms. The molecule has 1 fully saturated rings. The van der Waals surface area contributed by atoms with E-state index in [1.54, 1.807) is 55.5 Å². The molecule has 2 atom stereocenters. The van der Waals surface area contributed by atoms with Crippen LogP contribution in [0.2, 0.25) is 10.0 Å². The highest BCUT2D eigenvalue weighted by atomic mass is 35.5. The highest BCUT2D eigenvalue weighted by molar-refractivity contribution is 6.30. The first kappa shape index (κ1) is 27.7. The van der Waals surface area contributed by atoms with Gasteiger partial charge < -0.3 is 15.2 Å². The van der Waals surface area contributed by atoms with Crippen molar-refractivity contribution in [2.75, 3.05) is 6.61 Å². The van der Waals surface area contributed by atoms with Crippen LogP contribution in [0.1, 0.15) is 41.3 Å². The van der Waals surface area contributed by atoms with Crippen molar-refractivity contribution >= 4 is 35.3 Å². The highest BCUT2D eigenvalue weighted by Gasteiger charge is 2.55. The van der Waals surface area contributed by atoms with Crippen LogP contribution in [0.15, 0.2) is 66.7 Å². The van der Waals surface area contributed by atoms with Gasteiger partial charge in [0.15, 0.2) is 0 Å². The minimum Gasteiger partial charge on any atom is -0.493 e. The van der Waals surface area contributed by atoms with E-state index in [-0.39, 0.29) is 17.9 Å². The predicted octanol–water partition coefficient (Wildman–Crippen LogP) is 5.86. The molecule has 12 heteroatoms. The molecule has 1 aliphatic heterocycles. The van der Waals surface area contributed by atoms with Crippen LogP contribution >= 0.6 is 23.2 Å². The van der Waals surface area contributed by atoms with Gasteiger partial charge in [-0.05, 0) is 54.4 Å². The molecule has 0 aliphatic carbocycles. The van der Waals surface area contributed by atoms with E-state index >= 15 is 0 Å². The molecule has 1 heterocycles. The van der Waals surface area contributed by atoms with Crippen molar-refractivity contribution in [1.29, 1.82) is 0 Å². The van der Waals surface area contributed by atoms with Gasteiger partial charge in [0.05, 0.1) is 24.3 Å². The first-order valence-electron chi connectivity index (χ1n) is 11.4. The quantitative estimate of drug-likeness (QED) is 0.254. The van der Waals surface area contributed by atoms with Gasteiger partial charge in [-0.1, -0.05) is 53.5 Å². The van der Waals surface area contributed by atoms with Crippen LogP contribution in [0.3, 0.4) is 0 Å². The number of nitrogens with one attached hydrogen (secondary N) is 2. The summed E-state index contributed by atoms with van der Waals surface area (Å²) >= 11 is 12.1. The van der Waals surface area contributed by atoms with Crippen molar-refractivity contribution in [2.24, 2.45) is 5.73 Å². The lowest BCUT2D eigenvalue weighted by Crippen LogP contribution is -2.55. The molecule has 1 aliphatic rings. The van der Waals surface area contributed by atoms with E-state index < -0.39 is 41.5 Å². The Morgan fingerprint density at radius 1 is 0.921 bits per heavy atom. The van der Waals surface area contributed by atoms with Gasteiger partial charge in [0.2, 0.25) is 5.66 Å². The summed E-state index contributed by atoms with van der Waals surface area (Å²) in [5, 5.41) is 7.25. The minimum atomic E-state index is -4.67. The molecule has 200 valence electrons. The maximum absolute atomic E-state index is 13.5. The smallest absolute Gasteiger partial charge is 0.416 e. The van der Waals surface area contributed by atoms with Gasteiger partial charge in [0.25, 0.3) is 0 Å². The average molecular weight is 568 g/mol. The molecule has 0 bridgehead atoms. The summed E-state index contributed by atoms with van der Waals surface area (Å²) in [6.45, 7) is 1.58. The Balaban J connectivity index is 1.93. The van der Waals surface area contributed by atoms with Gasteiger partial charge in [0.1, 0.15) is 5.75 Å². The van der Waals surface area contributed by atoms with E-state index in [0.717, 1.165) is 18.2 Å². The molecular formula is C26H22Cl2F3N3O4. The molecule has 7 nitrogen and oxygen atoms in total. The number of amides is 1. The summed E-state index contributed by atoms with van der Waals surface area (Å²) in [5.41, 5.74) is 3.46. The number of carbonyl (C=O) groups is 2. The van der Waals surface area contributed by atoms with Gasteiger partial charge in [-0.25, -0.2) is 9.59 Å². The second-order valence-corrected chi connectivity index (χ2v) is 9.32. The number of esters is 1. The fourth-order valence-electron chi connectivity index (χ4n) is 4.40. The lowest BCUT2D eigenvalue weighted by Gasteiger charge is -2.30.